The number of carbonyl (C=O) groups is 1. The number of guanidine groups is 1. The van der Waals surface area contributed by atoms with Gasteiger partial charge in [0.05, 0.1) is 12.7 Å². The topological polar surface area (TPSA) is 83.2 Å². The fraction of sp³-hybridized carbons (Fsp3) is 0.867. The molecule has 7 nitrogen and oxygen atoms in total. The van der Waals surface area contributed by atoms with Gasteiger partial charge >= 0.3 is 0 Å². The minimum Gasteiger partial charge on any atom is -0.374 e. The Morgan fingerprint density at radius 1 is 1.39 bits per heavy atom. The summed E-state index contributed by atoms with van der Waals surface area (Å²) in [4.78, 5) is 20.0. The number of rotatable bonds is 4. The van der Waals surface area contributed by atoms with Crippen molar-refractivity contribution >= 4 is 35.8 Å². The number of nitrogens with zero attached hydrogens (tertiary/aromatic N) is 3. The first kappa shape index (κ1) is 20.4. The molecular formula is C15H30IN5O2. The normalized spacial score (nSPS) is 26.5. The van der Waals surface area contributed by atoms with Crippen LogP contribution in [0.4, 0.5) is 0 Å². The maximum absolute atomic E-state index is 11.1. The fourth-order valence-electron chi connectivity index (χ4n) is 3.24. The second kappa shape index (κ2) is 10.3. The molecule has 0 saturated carbocycles. The second-order valence-corrected chi connectivity index (χ2v) is 6.31. The lowest BCUT2D eigenvalue weighted by molar-refractivity contribution is -0.119. The molecule has 2 aliphatic heterocycles. The van der Waals surface area contributed by atoms with Gasteiger partial charge in [-0.15, -0.1) is 24.0 Å². The molecule has 8 heteroatoms. The van der Waals surface area contributed by atoms with Gasteiger partial charge in [0.1, 0.15) is 0 Å². The number of aliphatic imine (C=N–C) groups is 1. The van der Waals surface area contributed by atoms with Gasteiger partial charge in [0, 0.05) is 46.2 Å². The lowest BCUT2D eigenvalue weighted by Gasteiger charge is -2.36. The van der Waals surface area contributed by atoms with Crippen molar-refractivity contribution in [3.05, 3.63) is 0 Å². The lowest BCUT2D eigenvalue weighted by atomic mass is 9.95. The number of hydrogen-bond acceptors (Lipinski definition) is 4. The van der Waals surface area contributed by atoms with Crippen LogP contribution in [0.2, 0.25) is 0 Å². The standard InChI is InChI=1S/C15H29N5O2.HI/c1-17-15(18-9-13-11-19(2)6-7-22-13)20-5-3-4-12(10-20)8-14(16)21;/h12-13H,3-11H2,1-2H3,(H2,16,21)(H,17,18);1H. The van der Waals surface area contributed by atoms with E-state index in [1.807, 2.05) is 0 Å². The average molecular weight is 439 g/mol. The van der Waals surface area contributed by atoms with Gasteiger partial charge in [0.2, 0.25) is 5.91 Å². The Hall–Kier alpha value is -0.610. The molecule has 3 N–H and O–H groups in total. The number of piperidine rings is 1. The molecule has 2 aliphatic rings. The summed E-state index contributed by atoms with van der Waals surface area (Å²) < 4.78 is 5.77. The molecule has 2 rings (SSSR count). The highest BCUT2D eigenvalue weighted by Gasteiger charge is 2.24. The summed E-state index contributed by atoms with van der Waals surface area (Å²) in [6.45, 7) is 5.29. The maximum Gasteiger partial charge on any atom is 0.217 e. The number of carbonyl (C=O) groups excluding carboxylic acids is 1. The summed E-state index contributed by atoms with van der Waals surface area (Å²) in [6.07, 6.45) is 2.79. The Morgan fingerprint density at radius 3 is 2.83 bits per heavy atom. The minimum absolute atomic E-state index is 0. The van der Waals surface area contributed by atoms with E-state index in [1.54, 1.807) is 7.05 Å². The number of amides is 1. The number of ether oxygens (including phenoxy) is 1. The summed E-state index contributed by atoms with van der Waals surface area (Å²) in [5.74, 6) is 1.02. The van der Waals surface area contributed by atoms with Gasteiger partial charge in [0.15, 0.2) is 5.96 Å². The molecule has 2 fully saturated rings. The quantitative estimate of drug-likeness (QED) is 0.369. The number of halogens is 1. The molecule has 0 radical (unpaired) electrons. The van der Waals surface area contributed by atoms with E-state index in [0.717, 1.165) is 58.1 Å². The predicted octanol–water partition coefficient (Wildman–Crippen LogP) is 0.0978. The Labute approximate surface area is 156 Å². The van der Waals surface area contributed by atoms with E-state index in [1.165, 1.54) is 0 Å². The van der Waals surface area contributed by atoms with E-state index in [0.29, 0.717) is 12.3 Å². The number of likely N-dealkylation sites (N-methyl/N-ethyl adjacent to an activating group) is 1. The Bertz CT molecular complexity index is 407. The smallest absolute Gasteiger partial charge is 0.217 e. The van der Waals surface area contributed by atoms with Crippen molar-refractivity contribution in [2.75, 3.05) is 53.4 Å². The van der Waals surface area contributed by atoms with Gasteiger partial charge in [-0.05, 0) is 25.8 Å². The zero-order valence-electron chi connectivity index (χ0n) is 14.2. The third kappa shape index (κ3) is 6.80. The van der Waals surface area contributed by atoms with E-state index < -0.39 is 0 Å². The van der Waals surface area contributed by atoms with Crippen LogP contribution in [-0.4, -0.2) is 81.2 Å². The zero-order chi connectivity index (χ0) is 15.9. The molecule has 23 heavy (non-hydrogen) atoms. The lowest BCUT2D eigenvalue weighted by Crippen LogP contribution is -2.51. The van der Waals surface area contributed by atoms with Gasteiger partial charge in [-0.1, -0.05) is 0 Å². The van der Waals surface area contributed by atoms with E-state index in [4.69, 9.17) is 10.5 Å². The molecule has 0 aliphatic carbocycles. The van der Waals surface area contributed by atoms with Crippen LogP contribution >= 0.6 is 24.0 Å². The first-order valence-corrected chi connectivity index (χ1v) is 8.12. The van der Waals surface area contributed by atoms with Gasteiger partial charge in [-0.2, -0.15) is 0 Å². The minimum atomic E-state index is -0.214. The highest BCUT2D eigenvalue weighted by Crippen LogP contribution is 2.19. The fourth-order valence-corrected chi connectivity index (χ4v) is 3.24. The molecule has 134 valence electrons. The molecule has 2 heterocycles. The van der Waals surface area contributed by atoms with Gasteiger partial charge < -0.3 is 25.6 Å². The van der Waals surface area contributed by atoms with Crippen LogP contribution in [0.1, 0.15) is 19.3 Å². The van der Waals surface area contributed by atoms with E-state index in [9.17, 15) is 4.79 Å². The van der Waals surface area contributed by atoms with Crippen molar-refractivity contribution in [3.63, 3.8) is 0 Å². The molecule has 0 aromatic carbocycles. The Balaban J connectivity index is 0.00000264. The summed E-state index contributed by atoms with van der Waals surface area (Å²) >= 11 is 0. The highest BCUT2D eigenvalue weighted by molar-refractivity contribution is 14.0. The van der Waals surface area contributed by atoms with Crippen molar-refractivity contribution < 1.29 is 9.53 Å². The number of likely N-dealkylation sites (tertiary alicyclic amines) is 1. The number of morpholine rings is 1. The SMILES string of the molecule is CN=C(NCC1CN(C)CCO1)N1CCCC(CC(N)=O)C1.I. The van der Waals surface area contributed by atoms with Crippen molar-refractivity contribution in [1.29, 1.82) is 0 Å². The van der Waals surface area contributed by atoms with Crippen LogP contribution in [0.3, 0.4) is 0 Å². The molecule has 0 aromatic heterocycles. The number of hydrogen-bond donors (Lipinski definition) is 2. The Morgan fingerprint density at radius 2 is 2.17 bits per heavy atom. The third-order valence-electron chi connectivity index (χ3n) is 4.35. The third-order valence-corrected chi connectivity index (χ3v) is 4.35. The first-order valence-electron chi connectivity index (χ1n) is 8.12. The molecular weight excluding hydrogens is 409 g/mol. The second-order valence-electron chi connectivity index (χ2n) is 6.31. The zero-order valence-corrected chi connectivity index (χ0v) is 16.5. The van der Waals surface area contributed by atoms with Crippen molar-refractivity contribution in [3.8, 4) is 0 Å². The van der Waals surface area contributed by atoms with Crippen molar-refractivity contribution in [2.45, 2.75) is 25.4 Å². The molecule has 0 bridgehead atoms. The molecule has 1 amide bonds. The summed E-state index contributed by atoms with van der Waals surface area (Å²) in [5.41, 5.74) is 5.32. The summed E-state index contributed by atoms with van der Waals surface area (Å²) in [6, 6.07) is 0. The van der Waals surface area contributed by atoms with Gasteiger partial charge in [-0.25, -0.2) is 0 Å². The van der Waals surface area contributed by atoms with Crippen LogP contribution in [0.25, 0.3) is 0 Å². The van der Waals surface area contributed by atoms with E-state index in [2.05, 4.69) is 27.2 Å². The predicted molar refractivity (Wildman–Crippen MR) is 102 cm³/mol. The van der Waals surface area contributed by atoms with Crippen LogP contribution in [0.5, 0.6) is 0 Å². The number of nitrogens with two attached hydrogens (primary N) is 1. The molecule has 0 spiro atoms. The maximum atomic E-state index is 11.1. The van der Waals surface area contributed by atoms with Crippen molar-refractivity contribution in [1.82, 2.24) is 15.1 Å². The van der Waals surface area contributed by atoms with Crippen LogP contribution in [0.15, 0.2) is 4.99 Å². The average Bonchev–Trinajstić information content (AvgIpc) is 2.48. The first-order chi connectivity index (χ1) is 10.6. The van der Waals surface area contributed by atoms with Crippen molar-refractivity contribution in [2.24, 2.45) is 16.6 Å². The highest BCUT2D eigenvalue weighted by atomic mass is 127. The van der Waals surface area contributed by atoms with Crippen LogP contribution in [-0.2, 0) is 9.53 Å². The van der Waals surface area contributed by atoms with Crippen LogP contribution < -0.4 is 11.1 Å². The molecule has 2 atom stereocenters. The Kier molecular flexibility index (Phi) is 9.15. The largest absolute Gasteiger partial charge is 0.374 e. The number of primary amides is 1. The monoisotopic (exact) mass is 439 g/mol. The summed E-state index contributed by atoms with van der Waals surface area (Å²) in [5, 5.41) is 3.41. The van der Waals surface area contributed by atoms with Crippen LogP contribution in [0, 0.1) is 5.92 Å². The van der Waals surface area contributed by atoms with E-state index >= 15 is 0 Å². The molecule has 0 aromatic rings. The molecule has 2 saturated heterocycles. The van der Waals surface area contributed by atoms with Gasteiger partial charge in [-0.3, -0.25) is 9.79 Å². The summed E-state index contributed by atoms with van der Waals surface area (Å²) in [7, 11) is 3.91. The number of nitrogens with one attached hydrogen (secondary N) is 1. The van der Waals surface area contributed by atoms with Gasteiger partial charge in [0.25, 0.3) is 0 Å². The molecule has 2 unspecified atom stereocenters. The van der Waals surface area contributed by atoms with E-state index in [-0.39, 0.29) is 36.0 Å².